The van der Waals surface area contributed by atoms with Gasteiger partial charge in [0.15, 0.2) is 5.60 Å². The van der Waals surface area contributed by atoms with E-state index in [-0.39, 0.29) is 5.71 Å². The van der Waals surface area contributed by atoms with Crippen LogP contribution in [0.3, 0.4) is 0 Å². The number of benzene rings is 2. The second kappa shape index (κ2) is 5.02. The predicted octanol–water partition coefficient (Wildman–Crippen LogP) is 2.77. The molecular formula is C15H15NO2. The standard InChI is InChI=1S/C15H15NO2/c1-12(16-18)15(17,13-8-4-2-5-9-13)14-10-6-3-7-11-14/h2-11,17-18H,1H3. The molecule has 0 unspecified atom stereocenters. The Hall–Kier alpha value is -2.13. The fraction of sp³-hybridized carbons (Fsp3) is 0.133. The Labute approximate surface area is 106 Å². The SMILES string of the molecule is CC(=NO)C(O)(c1ccccc1)c1ccccc1. The normalized spacial score (nSPS) is 12.4. The highest BCUT2D eigenvalue weighted by molar-refractivity contribution is 5.94. The van der Waals surface area contributed by atoms with E-state index in [1.807, 2.05) is 60.7 Å². The molecule has 0 aromatic heterocycles. The number of hydrogen-bond donors (Lipinski definition) is 2. The number of oxime groups is 1. The van der Waals surface area contributed by atoms with Crippen molar-refractivity contribution < 1.29 is 10.3 Å². The monoisotopic (exact) mass is 241 g/mol. The average Bonchev–Trinajstić information content (AvgIpc) is 2.47. The quantitative estimate of drug-likeness (QED) is 0.493. The maximum atomic E-state index is 10.9. The minimum atomic E-state index is -1.41. The summed E-state index contributed by atoms with van der Waals surface area (Å²) in [6, 6.07) is 18.3. The molecule has 0 fully saturated rings. The highest BCUT2D eigenvalue weighted by Gasteiger charge is 2.35. The summed E-state index contributed by atoms with van der Waals surface area (Å²) in [5.74, 6) is 0. The molecule has 0 radical (unpaired) electrons. The van der Waals surface area contributed by atoms with Gasteiger partial charge in [0.05, 0.1) is 5.71 Å². The molecule has 0 aliphatic rings. The Kier molecular flexibility index (Phi) is 3.44. The molecule has 92 valence electrons. The zero-order valence-electron chi connectivity index (χ0n) is 10.1. The molecule has 3 heteroatoms. The van der Waals surface area contributed by atoms with Crippen molar-refractivity contribution in [2.24, 2.45) is 5.16 Å². The zero-order valence-corrected chi connectivity index (χ0v) is 10.1. The summed E-state index contributed by atoms with van der Waals surface area (Å²) in [7, 11) is 0. The smallest absolute Gasteiger partial charge is 0.156 e. The van der Waals surface area contributed by atoms with E-state index in [0.717, 1.165) is 0 Å². The van der Waals surface area contributed by atoms with Crippen molar-refractivity contribution >= 4 is 5.71 Å². The molecule has 2 rings (SSSR count). The van der Waals surface area contributed by atoms with Crippen molar-refractivity contribution in [1.29, 1.82) is 0 Å². The van der Waals surface area contributed by atoms with Gasteiger partial charge in [-0.1, -0.05) is 65.8 Å². The molecule has 3 nitrogen and oxygen atoms in total. The second-order valence-corrected chi connectivity index (χ2v) is 4.13. The van der Waals surface area contributed by atoms with Crippen LogP contribution in [-0.2, 0) is 5.60 Å². The van der Waals surface area contributed by atoms with Gasteiger partial charge in [-0.25, -0.2) is 0 Å². The van der Waals surface area contributed by atoms with Crippen LogP contribution in [0, 0.1) is 0 Å². The van der Waals surface area contributed by atoms with Gasteiger partial charge in [0.2, 0.25) is 0 Å². The van der Waals surface area contributed by atoms with Crippen molar-refractivity contribution in [1.82, 2.24) is 0 Å². The molecule has 0 amide bonds. The van der Waals surface area contributed by atoms with Crippen LogP contribution in [0.25, 0.3) is 0 Å². The minimum Gasteiger partial charge on any atom is -0.411 e. The van der Waals surface area contributed by atoms with Crippen LogP contribution in [0.5, 0.6) is 0 Å². The highest BCUT2D eigenvalue weighted by atomic mass is 16.4. The molecule has 0 saturated carbocycles. The van der Waals surface area contributed by atoms with Gasteiger partial charge in [-0.15, -0.1) is 0 Å². The van der Waals surface area contributed by atoms with Crippen molar-refractivity contribution in [3.8, 4) is 0 Å². The lowest BCUT2D eigenvalue weighted by molar-refractivity contribution is 0.148. The summed E-state index contributed by atoms with van der Waals surface area (Å²) in [6.07, 6.45) is 0. The zero-order chi connectivity index (χ0) is 13.0. The summed E-state index contributed by atoms with van der Waals surface area (Å²) in [4.78, 5) is 0. The lowest BCUT2D eigenvalue weighted by Crippen LogP contribution is -2.35. The first-order valence-electron chi connectivity index (χ1n) is 5.72. The maximum absolute atomic E-state index is 10.9. The maximum Gasteiger partial charge on any atom is 0.156 e. The Morgan fingerprint density at radius 3 is 1.61 bits per heavy atom. The number of nitrogens with zero attached hydrogens (tertiary/aromatic N) is 1. The number of aliphatic hydroxyl groups is 1. The lowest BCUT2D eigenvalue weighted by Gasteiger charge is -2.28. The second-order valence-electron chi connectivity index (χ2n) is 4.13. The first kappa shape index (κ1) is 12.3. The highest BCUT2D eigenvalue weighted by Crippen LogP contribution is 2.30. The fourth-order valence-corrected chi connectivity index (χ4v) is 2.02. The molecular weight excluding hydrogens is 226 g/mol. The number of hydrogen-bond acceptors (Lipinski definition) is 3. The van der Waals surface area contributed by atoms with Gasteiger partial charge in [-0.3, -0.25) is 0 Å². The summed E-state index contributed by atoms with van der Waals surface area (Å²) >= 11 is 0. The summed E-state index contributed by atoms with van der Waals surface area (Å²) in [5, 5.41) is 23.1. The van der Waals surface area contributed by atoms with E-state index in [0.29, 0.717) is 11.1 Å². The van der Waals surface area contributed by atoms with E-state index in [1.165, 1.54) is 0 Å². The fourth-order valence-electron chi connectivity index (χ4n) is 2.02. The Balaban J connectivity index is 2.63. The van der Waals surface area contributed by atoms with E-state index in [4.69, 9.17) is 5.21 Å². The van der Waals surface area contributed by atoms with E-state index in [1.54, 1.807) is 6.92 Å². The molecule has 0 atom stereocenters. The van der Waals surface area contributed by atoms with E-state index < -0.39 is 5.60 Å². The lowest BCUT2D eigenvalue weighted by atomic mass is 9.83. The largest absolute Gasteiger partial charge is 0.411 e. The van der Waals surface area contributed by atoms with Crippen LogP contribution in [0.1, 0.15) is 18.1 Å². The Morgan fingerprint density at radius 2 is 1.28 bits per heavy atom. The van der Waals surface area contributed by atoms with Gasteiger partial charge in [0.1, 0.15) is 0 Å². The average molecular weight is 241 g/mol. The first-order chi connectivity index (χ1) is 8.69. The van der Waals surface area contributed by atoms with Gasteiger partial charge < -0.3 is 10.3 Å². The molecule has 0 aliphatic carbocycles. The van der Waals surface area contributed by atoms with Crippen LogP contribution in [0.15, 0.2) is 65.8 Å². The molecule has 0 aliphatic heterocycles. The third-order valence-electron chi connectivity index (χ3n) is 3.06. The first-order valence-corrected chi connectivity index (χ1v) is 5.72. The summed E-state index contributed by atoms with van der Waals surface area (Å²) in [6.45, 7) is 1.60. The van der Waals surface area contributed by atoms with Gasteiger partial charge in [-0.2, -0.15) is 0 Å². The molecule has 0 saturated heterocycles. The molecule has 0 spiro atoms. The van der Waals surface area contributed by atoms with E-state index >= 15 is 0 Å². The van der Waals surface area contributed by atoms with E-state index in [9.17, 15) is 5.11 Å². The minimum absolute atomic E-state index is 0.236. The molecule has 2 aromatic carbocycles. The van der Waals surface area contributed by atoms with E-state index in [2.05, 4.69) is 5.16 Å². The summed E-state index contributed by atoms with van der Waals surface area (Å²) < 4.78 is 0. The predicted molar refractivity (Wildman–Crippen MR) is 70.8 cm³/mol. The molecule has 2 N–H and O–H groups in total. The number of rotatable bonds is 3. The van der Waals surface area contributed by atoms with Crippen molar-refractivity contribution in [3.63, 3.8) is 0 Å². The van der Waals surface area contributed by atoms with Gasteiger partial charge >= 0.3 is 0 Å². The third kappa shape index (κ3) is 2.00. The van der Waals surface area contributed by atoms with Gasteiger partial charge in [0, 0.05) is 0 Å². The van der Waals surface area contributed by atoms with Crippen LogP contribution >= 0.6 is 0 Å². The topological polar surface area (TPSA) is 52.8 Å². The Bertz CT molecular complexity index is 495. The van der Waals surface area contributed by atoms with Crippen molar-refractivity contribution in [3.05, 3.63) is 71.8 Å². The van der Waals surface area contributed by atoms with Crippen LogP contribution < -0.4 is 0 Å². The third-order valence-corrected chi connectivity index (χ3v) is 3.06. The van der Waals surface area contributed by atoms with Crippen molar-refractivity contribution in [2.45, 2.75) is 12.5 Å². The Morgan fingerprint density at radius 1 is 0.889 bits per heavy atom. The van der Waals surface area contributed by atoms with Crippen LogP contribution in [0.4, 0.5) is 0 Å². The van der Waals surface area contributed by atoms with Crippen LogP contribution in [-0.4, -0.2) is 16.0 Å². The molecule has 2 aromatic rings. The summed E-state index contributed by atoms with van der Waals surface area (Å²) in [5.41, 5.74) is 0.176. The van der Waals surface area contributed by atoms with Crippen LogP contribution in [0.2, 0.25) is 0 Å². The van der Waals surface area contributed by atoms with Gasteiger partial charge in [0.25, 0.3) is 0 Å². The molecule has 18 heavy (non-hydrogen) atoms. The molecule has 0 heterocycles. The molecule has 0 bridgehead atoms. The van der Waals surface area contributed by atoms with Gasteiger partial charge in [-0.05, 0) is 18.1 Å². The van der Waals surface area contributed by atoms with Crippen molar-refractivity contribution in [2.75, 3.05) is 0 Å².